The number of methoxy groups -OCH3 is 1. The molecule has 0 bridgehead atoms. The highest BCUT2D eigenvalue weighted by molar-refractivity contribution is 5.86. The van der Waals surface area contributed by atoms with Gasteiger partial charge in [-0.3, -0.25) is 0 Å². The van der Waals surface area contributed by atoms with Crippen molar-refractivity contribution in [3.63, 3.8) is 0 Å². The van der Waals surface area contributed by atoms with Crippen LogP contribution in [-0.4, -0.2) is 32.3 Å². The van der Waals surface area contributed by atoms with E-state index < -0.39 is 0 Å². The molecule has 1 fully saturated rings. The molecular formula is C14H17NO3. The molecule has 96 valence electrons. The van der Waals surface area contributed by atoms with Gasteiger partial charge in [0.25, 0.3) is 0 Å². The third kappa shape index (κ3) is 3.60. The molecule has 0 aliphatic carbocycles. The maximum Gasteiger partial charge on any atom is 0.330 e. The summed E-state index contributed by atoms with van der Waals surface area (Å²) in [5.41, 5.74) is 0.942. The summed E-state index contributed by atoms with van der Waals surface area (Å²) in [5.74, 6) is 0.506. The number of ether oxygens (including phenoxy) is 2. The van der Waals surface area contributed by atoms with Crippen LogP contribution in [0.1, 0.15) is 12.0 Å². The molecule has 1 aromatic rings. The first kappa shape index (κ1) is 12.6. The van der Waals surface area contributed by atoms with E-state index in [1.807, 2.05) is 24.3 Å². The van der Waals surface area contributed by atoms with E-state index in [1.54, 1.807) is 6.08 Å². The molecule has 1 heterocycles. The van der Waals surface area contributed by atoms with E-state index in [1.165, 1.54) is 13.2 Å². The minimum Gasteiger partial charge on any atom is -0.489 e. The number of benzene rings is 1. The Labute approximate surface area is 107 Å². The summed E-state index contributed by atoms with van der Waals surface area (Å²) in [7, 11) is 1.36. The molecule has 1 saturated heterocycles. The van der Waals surface area contributed by atoms with Crippen molar-refractivity contribution in [3.8, 4) is 5.75 Å². The zero-order valence-corrected chi connectivity index (χ0v) is 10.4. The molecule has 0 saturated carbocycles. The van der Waals surface area contributed by atoms with E-state index in [0.29, 0.717) is 0 Å². The Balaban J connectivity index is 1.92. The molecule has 1 aromatic carbocycles. The average molecular weight is 247 g/mol. The molecule has 18 heavy (non-hydrogen) atoms. The number of hydrogen-bond acceptors (Lipinski definition) is 4. The molecule has 0 amide bonds. The van der Waals surface area contributed by atoms with E-state index in [0.717, 1.165) is 30.8 Å². The third-order valence-electron chi connectivity index (χ3n) is 2.81. The highest BCUT2D eigenvalue weighted by atomic mass is 16.5. The van der Waals surface area contributed by atoms with Crippen molar-refractivity contribution < 1.29 is 14.3 Å². The maximum absolute atomic E-state index is 10.9. The number of rotatable bonds is 4. The first-order valence-electron chi connectivity index (χ1n) is 6.01. The van der Waals surface area contributed by atoms with Gasteiger partial charge in [-0.15, -0.1) is 0 Å². The van der Waals surface area contributed by atoms with Crippen LogP contribution in [-0.2, 0) is 9.53 Å². The van der Waals surface area contributed by atoms with Crippen LogP contribution >= 0.6 is 0 Å². The Bertz CT molecular complexity index is 419. The number of esters is 1. The van der Waals surface area contributed by atoms with Crippen LogP contribution < -0.4 is 10.1 Å². The minimum atomic E-state index is -0.354. The van der Waals surface area contributed by atoms with E-state index in [4.69, 9.17) is 4.74 Å². The predicted octanol–water partition coefficient (Wildman–Crippen LogP) is 1.61. The Morgan fingerprint density at radius 1 is 1.39 bits per heavy atom. The van der Waals surface area contributed by atoms with Crippen molar-refractivity contribution in [2.45, 2.75) is 12.5 Å². The lowest BCUT2D eigenvalue weighted by molar-refractivity contribution is -0.134. The molecular weight excluding hydrogens is 230 g/mol. The van der Waals surface area contributed by atoms with Gasteiger partial charge in [-0.2, -0.15) is 0 Å². The largest absolute Gasteiger partial charge is 0.489 e. The van der Waals surface area contributed by atoms with Crippen LogP contribution in [0.2, 0.25) is 0 Å². The number of carbonyl (C=O) groups excluding carboxylic acids is 1. The summed E-state index contributed by atoms with van der Waals surface area (Å²) in [6.45, 7) is 1.93. The normalized spacial score (nSPS) is 19.1. The summed E-state index contributed by atoms with van der Waals surface area (Å²) in [5, 5.41) is 3.26. The number of carbonyl (C=O) groups is 1. The van der Waals surface area contributed by atoms with Crippen molar-refractivity contribution in [1.82, 2.24) is 5.32 Å². The van der Waals surface area contributed by atoms with E-state index in [-0.39, 0.29) is 12.1 Å². The zero-order chi connectivity index (χ0) is 12.8. The van der Waals surface area contributed by atoms with Crippen molar-refractivity contribution >= 4 is 12.0 Å². The van der Waals surface area contributed by atoms with E-state index >= 15 is 0 Å². The zero-order valence-electron chi connectivity index (χ0n) is 10.4. The van der Waals surface area contributed by atoms with Gasteiger partial charge < -0.3 is 14.8 Å². The fourth-order valence-electron chi connectivity index (χ4n) is 1.81. The summed E-state index contributed by atoms with van der Waals surface area (Å²) < 4.78 is 10.3. The van der Waals surface area contributed by atoms with Crippen molar-refractivity contribution in [3.05, 3.63) is 35.9 Å². The highest BCUT2D eigenvalue weighted by Gasteiger charge is 2.15. The second-order valence-corrected chi connectivity index (χ2v) is 4.16. The molecule has 1 atom stereocenters. The SMILES string of the molecule is COC(=O)C=Cc1ccc(OC2CCNC2)cc1. The third-order valence-corrected chi connectivity index (χ3v) is 2.81. The smallest absolute Gasteiger partial charge is 0.330 e. The molecule has 0 radical (unpaired) electrons. The van der Waals surface area contributed by atoms with Crippen molar-refractivity contribution in [2.24, 2.45) is 0 Å². The highest BCUT2D eigenvalue weighted by Crippen LogP contribution is 2.16. The molecule has 1 aliphatic heterocycles. The number of hydrogen-bond donors (Lipinski definition) is 1. The fourth-order valence-corrected chi connectivity index (χ4v) is 1.81. The van der Waals surface area contributed by atoms with Crippen LogP contribution in [0.4, 0.5) is 0 Å². The lowest BCUT2D eigenvalue weighted by atomic mass is 10.2. The second-order valence-electron chi connectivity index (χ2n) is 4.16. The monoisotopic (exact) mass is 247 g/mol. The molecule has 2 rings (SSSR count). The Morgan fingerprint density at radius 2 is 2.17 bits per heavy atom. The summed E-state index contributed by atoms with van der Waals surface area (Å²) in [6, 6.07) is 7.65. The van der Waals surface area contributed by atoms with Crippen LogP contribution in [0.25, 0.3) is 6.08 Å². The Morgan fingerprint density at radius 3 is 2.78 bits per heavy atom. The lowest BCUT2D eigenvalue weighted by Gasteiger charge is -2.12. The van der Waals surface area contributed by atoms with Gasteiger partial charge in [-0.1, -0.05) is 12.1 Å². The molecule has 0 aromatic heterocycles. The maximum atomic E-state index is 10.9. The molecule has 1 unspecified atom stereocenters. The van der Waals surface area contributed by atoms with Crippen LogP contribution in [0.15, 0.2) is 30.3 Å². The molecule has 4 nitrogen and oxygen atoms in total. The number of nitrogens with one attached hydrogen (secondary N) is 1. The predicted molar refractivity (Wildman–Crippen MR) is 69.4 cm³/mol. The van der Waals surface area contributed by atoms with Crippen LogP contribution in [0.5, 0.6) is 5.75 Å². The van der Waals surface area contributed by atoms with Gasteiger partial charge >= 0.3 is 5.97 Å². The Hall–Kier alpha value is -1.81. The van der Waals surface area contributed by atoms with Crippen molar-refractivity contribution in [1.29, 1.82) is 0 Å². The standard InChI is InChI=1S/C14H17NO3/c1-17-14(16)7-4-11-2-5-12(6-3-11)18-13-8-9-15-10-13/h2-7,13,15H,8-10H2,1H3. The first-order chi connectivity index (χ1) is 8.78. The molecule has 1 N–H and O–H groups in total. The quantitative estimate of drug-likeness (QED) is 0.648. The van der Waals surface area contributed by atoms with Gasteiger partial charge in [0, 0.05) is 12.6 Å². The van der Waals surface area contributed by atoms with Gasteiger partial charge in [0.2, 0.25) is 0 Å². The van der Waals surface area contributed by atoms with Crippen LogP contribution in [0, 0.1) is 0 Å². The average Bonchev–Trinajstić information content (AvgIpc) is 2.90. The van der Waals surface area contributed by atoms with Crippen molar-refractivity contribution in [2.75, 3.05) is 20.2 Å². The summed E-state index contributed by atoms with van der Waals surface area (Å²) in [6.07, 6.45) is 4.43. The minimum absolute atomic E-state index is 0.265. The fraction of sp³-hybridized carbons (Fsp3) is 0.357. The van der Waals surface area contributed by atoms with E-state index in [9.17, 15) is 4.79 Å². The topological polar surface area (TPSA) is 47.6 Å². The van der Waals surface area contributed by atoms with Gasteiger partial charge in [-0.05, 0) is 36.7 Å². The molecule has 4 heteroatoms. The van der Waals surface area contributed by atoms with Gasteiger partial charge in [0.1, 0.15) is 11.9 Å². The van der Waals surface area contributed by atoms with Gasteiger partial charge in [0.05, 0.1) is 7.11 Å². The Kier molecular flexibility index (Phi) is 4.36. The second kappa shape index (κ2) is 6.21. The van der Waals surface area contributed by atoms with Gasteiger partial charge in [0.15, 0.2) is 0 Å². The molecule has 0 spiro atoms. The molecule has 1 aliphatic rings. The summed E-state index contributed by atoms with van der Waals surface area (Å²) in [4.78, 5) is 10.9. The lowest BCUT2D eigenvalue weighted by Crippen LogP contribution is -2.19. The van der Waals surface area contributed by atoms with E-state index in [2.05, 4.69) is 10.1 Å². The summed E-state index contributed by atoms with van der Waals surface area (Å²) >= 11 is 0. The van der Waals surface area contributed by atoms with Gasteiger partial charge in [-0.25, -0.2) is 4.79 Å². The first-order valence-corrected chi connectivity index (χ1v) is 6.01. The van der Waals surface area contributed by atoms with Crippen LogP contribution in [0.3, 0.4) is 0 Å².